The van der Waals surface area contributed by atoms with Crippen LogP contribution in [0.3, 0.4) is 0 Å². The molecule has 22 heavy (non-hydrogen) atoms. The van der Waals surface area contributed by atoms with Crippen LogP contribution in [0.1, 0.15) is 19.0 Å². The predicted molar refractivity (Wildman–Crippen MR) is 86.4 cm³/mol. The van der Waals surface area contributed by atoms with Crippen molar-refractivity contribution in [2.75, 3.05) is 29.5 Å². The van der Waals surface area contributed by atoms with Crippen molar-refractivity contribution in [2.45, 2.75) is 31.5 Å². The molecule has 0 spiro atoms. The van der Waals surface area contributed by atoms with E-state index in [1.54, 1.807) is 11.0 Å². The Morgan fingerprint density at radius 3 is 2.77 bits per heavy atom. The van der Waals surface area contributed by atoms with Gasteiger partial charge in [-0.1, -0.05) is 11.8 Å². The predicted octanol–water partition coefficient (Wildman–Crippen LogP) is 0.495. The van der Waals surface area contributed by atoms with E-state index in [4.69, 9.17) is 5.73 Å². The number of sulfone groups is 1. The van der Waals surface area contributed by atoms with Crippen LogP contribution in [-0.4, -0.2) is 59.0 Å². The van der Waals surface area contributed by atoms with Gasteiger partial charge in [-0.2, -0.15) is 0 Å². The quantitative estimate of drug-likeness (QED) is 0.612. The lowest BCUT2D eigenvalue weighted by Crippen LogP contribution is -2.41. The first kappa shape index (κ1) is 17.0. The number of nitrogen functional groups attached to an aromatic ring is 1. The topological polar surface area (TPSA) is 106 Å². The third kappa shape index (κ3) is 4.33. The molecular formula is C13H20N4O3S2. The summed E-state index contributed by atoms with van der Waals surface area (Å²) in [5, 5.41) is 0.459. The number of anilines is 1. The van der Waals surface area contributed by atoms with Crippen molar-refractivity contribution in [3.63, 3.8) is 0 Å². The second-order valence-corrected chi connectivity index (χ2v) is 8.41. The molecule has 0 radical (unpaired) electrons. The van der Waals surface area contributed by atoms with Gasteiger partial charge in [-0.3, -0.25) is 4.79 Å². The van der Waals surface area contributed by atoms with Crippen LogP contribution in [0.2, 0.25) is 0 Å². The molecule has 1 aliphatic heterocycles. The third-order valence-electron chi connectivity index (χ3n) is 3.49. The van der Waals surface area contributed by atoms with Gasteiger partial charge in [-0.15, -0.1) is 0 Å². The maximum atomic E-state index is 12.3. The van der Waals surface area contributed by atoms with E-state index in [1.165, 1.54) is 11.8 Å². The van der Waals surface area contributed by atoms with Crippen molar-refractivity contribution >= 4 is 33.3 Å². The Bertz CT molecular complexity index is 643. The molecule has 1 aromatic heterocycles. The monoisotopic (exact) mass is 344 g/mol. The molecule has 7 nitrogen and oxygen atoms in total. The number of aryl methyl sites for hydroxylation is 1. The molecule has 1 aliphatic rings. The highest BCUT2D eigenvalue weighted by Gasteiger charge is 2.33. The molecule has 0 aliphatic carbocycles. The Kier molecular flexibility index (Phi) is 5.28. The molecule has 2 heterocycles. The number of carbonyl (C=O) groups is 1. The number of carbonyl (C=O) groups excluding carboxylic acids is 1. The molecule has 9 heteroatoms. The normalized spacial score (nSPS) is 20.0. The molecule has 1 amide bonds. The number of nitrogens with zero attached hydrogens (tertiary/aromatic N) is 3. The highest BCUT2D eigenvalue weighted by Crippen LogP contribution is 2.20. The van der Waals surface area contributed by atoms with Crippen LogP contribution in [0, 0.1) is 6.92 Å². The van der Waals surface area contributed by atoms with Gasteiger partial charge in [0.25, 0.3) is 0 Å². The summed E-state index contributed by atoms with van der Waals surface area (Å²) in [4.78, 5) is 22.3. The van der Waals surface area contributed by atoms with Crippen LogP contribution >= 0.6 is 11.8 Å². The summed E-state index contributed by atoms with van der Waals surface area (Å²) in [6, 6.07) is 1.44. The molecular weight excluding hydrogens is 324 g/mol. The third-order valence-corrected chi connectivity index (χ3v) is 6.07. The van der Waals surface area contributed by atoms with Gasteiger partial charge in [0.05, 0.1) is 17.3 Å². The van der Waals surface area contributed by atoms with E-state index < -0.39 is 9.84 Å². The first-order valence-corrected chi connectivity index (χ1v) is 9.85. The van der Waals surface area contributed by atoms with Crippen LogP contribution < -0.4 is 5.73 Å². The molecule has 1 aromatic rings. The van der Waals surface area contributed by atoms with Crippen molar-refractivity contribution in [2.24, 2.45) is 0 Å². The van der Waals surface area contributed by atoms with Gasteiger partial charge in [-0.25, -0.2) is 18.4 Å². The van der Waals surface area contributed by atoms with Gasteiger partial charge >= 0.3 is 0 Å². The van der Waals surface area contributed by atoms with Crippen molar-refractivity contribution in [1.29, 1.82) is 0 Å². The molecule has 1 unspecified atom stereocenters. The molecule has 1 fully saturated rings. The number of amides is 1. The second kappa shape index (κ2) is 6.82. The maximum absolute atomic E-state index is 12.3. The first-order chi connectivity index (χ1) is 10.3. The summed E-state index contributed by atoms with van der Waals surface area (Å²) in [5.41, 5.74) is 6.40. The van der Waals surface area contributed by atoms with Crippen molar-refractivity contribution < 1.29 is 13.2 Å². The molecule has 2 N–H and O–H groups in total. The Hall–Kier alpha value is -1.35. The van der Waals surface area contributed by atoms with Gasteiger partial charge in [0.1, 0.15) is 5.82 Å². The van der Waals surface area contributed by atoms with Crippen molar-refractivity contribution in [3.05, 3.63) is 11.8 Å². The van der Waals surface area contributed by atoms with Crippen LogP contribution in [0.4, 0.5) is 5.82 Å². The van der Waals surface area contributed by atoms with Crippen LogP contribution in [0.5, 0.6) is 0 Å². The molecule has 1 atom stereocenters. The number of thioether (sulfide) groups is 1. The smallest absolute Gasteiger partial charge is 0.233 e. The Labute approximate surface area is 134 Å². The lowest BCUT2D eigenvalue weighted by Gasteiger charge is -2.26. The minimum absolute atomic E-state index is 0.0607. The number of rotatable bonds is 5. The van der Waals surface area contributed by atoms with Crippen LogP contribution in [0.25, 0.3) is 0 Å². The summed E-state index contributed by atoms with van der Waals surface area (Å²) in [5.74, 6) is 0.666. The van der Waals surface area contributed by atoms with E-state index in [0.29, 0.717) is 23.9 Å². The minimum atomic E-state index is -3.00. The van der Waals surface area contributed by atoms with E-state index in [9.17, 15) is 13.2 Å². The zero-order valence-corrected chi connectivity index (χ0v) is 14.3. The summed E-state index contributed by atoms with van der Waals surface area (Å²) >= 11 is 1.22. The summed E-state index contributed by atoms with van der Waals surface area (Å²) in [6.45, 7) is 4.16. The minimum Gasteiger partial charge on any atom is -0.384 e. The van der Waals surface area contributed by atoms with Crippen LogP contribution in [0.15, 0.2) is 11.2 Å². The van der Waals surface area contributed by atoms with Crippen molar-refractivity contribution in [1.82, 2.24) is 14.9 Å². The molecule has 0 aromatic carbocycles. The lowest BCUT2D eigenvalue weighted by atomic mass is 10.2. The lowest BCUT2D eigenvalue weighted by molar-refractivity contribution is -0.129. The number of hydrogen-bond acceptors (Lipinski definition) is 7. The molecule has 1 saturated heterocycles. The SMILES string of the molecule is CCN(C(=O)CSc1nc(C)cc(N)n1)C1CCS(=O)(=O)C1. The van der Waals surface area contributed by atoms with Gasteiger partial charge in [-0.05, 0) is 20.3 Å². The van der Waals surface area contributed by atoms with E-state index >= 15 is 0 Å². The van der Waals surface area contributed by atoms with E-state index in [0.717, 1.165) is 5.69 Å². The average Bonchev–Trinajstić information content (AvgIpc) is 2.76. The van der Waals surface area contributed by atoms with Gasteiger partial charge < -0.3 is 10.6 Å². The second-order valence-electron chi connectivity index (χ2n) is 5.24. The average molecular weight is 344 g/mol. The molecule has 122 valence electrons. The number of hydrogen-bond donors (Lipinski definition) is 1. The zero-order valence-electron chi connectivity index (χ0n) is 12.7. The standard InChI is InChI=1S/C13H20N4O3S2/c1-3-17(10-4-5-22(19,20)8-10)12(18)7-21-13-15-9(2)6-11(14)16-13/h6,10H,3-5,7-8H2,1-2H3,(H2,14,15,16). The van der Waals surface area contributed by atoms with Crippen LogP contribution in [-0.2, 0) is 14.6 Å². The fourth-order valence-corrected chi connectivity index (χ4v) is 5.03. The number of nitrogens with two attached hydrogens (primary N) is 1. The first-order valence-electron chi connectivity index (χ1n) is 7.04. The Balaban J connectivity index is 1.98. The highest BCUT2D eigenvalue weighted by molar-refractivity contribution is 7.99. The van der Waals surface area contributed by atoms with E-state index in [1.807, 2.05) is 13.8 Å². The molecule has 0 bridgehead atoms. The maximum Gasteiger partial charge on any atom is 0.233 e. The highest BCUT2D eigenvalue weighted by atomic mass is 32.2. The zero-order chi connectivity index (χ0) is 16.3. The summed E-state index contributed by atoms with van der Waals surface area (Å²) in [7, 11) is -3.00. The van der Waals surface area contributed by atoms with Gasteiger partial charge in [0.2, 0.25) is 5.91 Å². The largest absolute Gasteiger partial charge is 0.384 e. The fourth-order valence-electron chi connectivity index (χ4n) is 2.50. The summed E-state index contributed by atoms with van der Waals surface area (Å²) in [6.07, 6.45) is 0.514. The van der Waals surface area contributed by atoms with Crippen molar-refractivity contribution in [3.8, 4) is 0 Å². The van der Waals surface area contributed by atoms with E-state index in [2.05, 4.69) is 9.97 Å². The fraction of sp³-hybridized carbons (Fsp3) is 0.615. The van der Waals surface area contributed by atoms with Gasteiger partial charge in [0, 0.05) is 24.3 Å². The number of aromatic nitrogens is 2. The Morgan fingerprint density at radius 2 is 2.23 bits per heavy atom. The van der Waals surface area contributed by atoms with Gasteiger partial charge in [0.15, 0.2) is 15.0 Å². The summed E-state index contributed by atoms with van der Waals surface area (Å²) < 4.78 is 23.1. The Morgan fingerprint density at radius 1 is 1.50 bits per heavy atom. The molecule has 2 rings (SSSR count). The molecule has 0 saturated carbocycles. The van der Waals surface area contributed by atoms with E-state index in [-0.39, 0.29) is 29.2 Å².